The van der Waals surface area contributed by atoms with Crippen LogP contribution in [0.15, 0.2) is 0 Å². The average molecular weight is 421 g/mol. The molecule has 0 saturated heterocycles. The van der Waals surface area contributed by atoms with Crippen LogP contribution < -0.4 is 21.7 Å². The third-order valence-corrected chi connectivity index (χ3v) is 4.43. The zero-order chi connectivity index (χ0) is 21.9. The number of aliphatic carboxylic acids is 1. The maximum absolute atomic E-state index is 12.6. The quantitative estimate of drug-likeness (QED) is 0.213. The van der Waals surface area contributed by atoms with E-state index in [2.05, 4.69) is 16.0 Å². The lowest BCUT2D eigenvalue weighted by Gasteiger charge is -2.26. The number of carboxylic acids is 1. The monoisotopic (exact) mass is 420 g/mol. The topological polar surface area (TPSA) is 171 Å². The number of carboxylic acid groups (broad SMARTS) is 1. The lowest BCUT2D eigenvalue weighted by molar-refractivity contribution is -0.139. The van der Waals surface area contributed by atoms with Crippen molar-refractivity contribution >= 4 is 35.5 Å². The molecule has 0 aliphatic heterocycles. The largest absolute Gasteiger partial charge is 0.480 e. The molecule has 28 heavy (non-hydrogen) atoms. The molecule has 0 aliphatic carbocycles. The first-order valence-corrected chi connectivity index (χ1v) is 10.4. The molecule has 0 fully saturated rings. The van der Waals surface area contributed by atoms with Gasteiger partial charge >= 0.3 is 5.97 Å². The first kappa shape index (κ1) is 26.1. The highest BCUT2D eigenvalue weighted by molar-refractivity contribution is 7.98. The molecule has 0 aliphatic rings. The second-order valence-corrected chi connectivity index (χ2v) is 7.90. The molecule has 7 N–H and O–H groups in total. The minimum absolute atomic E-state index is 0.0595. The standard InChI is InChI=1S/C17H32N4O6S/c1-9(2)7-12(20-15(25)11(18)5-6-28-4)16(26)21-14(10(3)22)17(27)19-8-13(23)24/h9-12,14,22H,5-8,18H2,1-4H3,(H,19,27)(H,20,25)(H,21,26)(H,23,24). The highest BCUT2D eigenvalue weighted by atomic mass is 32.2. The van der Waals surface area contributed by atoms with Crippen LogP contribution in [0.1, 0.15) is 33.6 Å². The molecule has 0 heterocycles. The molecule has 10 nitrogen and oxygen atoms in total. The number of hydrogen-bond acceptors (Lipinski definition) is 7. The predicted octanol–water partition coefficient (Wildman–Crippen LogP) is -1.34. The summed E-state index contributed by atoms with van der Waals surface area (Å²) >= 11 is 1.55. The Labute approximate surface area is 169 Å². The minimum Gasteiger partial charge on any atom is -0.480 e. The second-order valence-electron chi connectivity index (χ2n) is 6.92. The lowest BCUT2D eigenvalue weighted by Crippen LogP contribution is -2.58. The molecule has 0 aromatic heterocycles. The summed E-state index contributed by atoms with van der Waals surface area (Å²) in [4.78, 5) is 47.5. The molecule has 11 heteroatoms. The van der Waals surface area contributed by atoms with Gasteiger partial charge in [-0.05, 0) is 37.7 Å². The number of carbonyl (C=O) groups is 4. The molecule has 0 spiro atoms. The Bertz CT molecular complexity index is 544. The van der Waals surface area contributed by atoms with E-state index in [4.69, 9.17) is 10.8 Å². The summed E-state index contributed by atoms with van der Waals surface area (Å²) in [6.45, 7) is 4.38. The predicted molar refractivity (Wildman–Crippen MR) is 107 cm³/mol. The van der Waals surface area contributed by atoms with E-state index in [1.165, 1.54) is 6.92 Å². The summed E-state index contributed by atoms with van der Waals surface area (Å²) in [7, 11) is 0. The van der Waals surface area contributed by atoms with Crippen molar-refractivity contribution < 1.29 is 29.4 Å². The molecule has 0 bridgehead atoms. The van der Waals surface area contributed by atoms with Crippen LogP contribution in [0.5, 0.6) is 0 Å². The van der Waals surface area contributed by atoms with Crippen LogP contribution >= 0.6 is 11.8 Å². The summed E-state index contributed by atoms with van der Waals surface area (Å²) in [5, 5.41) is 25.5. The van der Waals surface area contributed by atoms with Crippen LogP contribution in [-0.4, -0.2) is 76.7 Å². The van der Waals surface area contributed by atoms with Crippen molar-refractivity contribution in [2.75, 3.05) is 18.6 Å². The Morgan fingerprint density at radius 2 is 1.64 bits per heavy atom. The Balaban J connectivity index is 5.12. The molecule has 4 atom stereocenters. The van der Waals surface area contributed by atoms with Gasteiger partial charge in [0.05, 0.1) is 12.1 Å². The van der Waals surface area contributed by atoms with Crippen molar-refractivity contribution in [1.82, 2.24) is 16.0 Å². The average Bonchev–Trinajstić information content (AvgIpc) is 2.60. The zero-order valence-electron chi connectivity index (χ0n) is 16.7. The van der Waals surface area contributed by atoms with Gasteiger partial charge in [0.15, 0.2) is 0 Å². The summed E-state index contributed by atoms with van der Waals surface area (Å²) in [5.74, 6) is -2.47. The molecule has 0 aromatic rings. The smallest absolute Gasteiger partial charge is 0.322 e. The van der Waals surface area contributed by atoms with Crippen molar-refractivity contribution in [3.63, 3.8) is 0 Å². The molecule has 3 amide bonds. The minimum atomic E-state index is -1.36. The van der Waals surface area contributed by atoms with Gasteiger partial charge in [-0.15, -0.1) is 0 Å². The van der Waals surface area contributed by atoms with E-state index < -0.39 is 54.5 Å². The van der Waals surface area contributed by atoms with Crippen LogP contribution in [0.4, 0.5) is 0 Å². The number of aliphatic hydroxyl groups excluding tert-OH is 1. The summed E-state index contributed by atoms with van der Waals surface area (Å²) in [6.07, 6.45) is 1.38. The van der Waals surface area contributed by atoms with Gasteiger partial charge < -0.3 is 31.9 Å². The Morgan fingerprint density at radius 1 is 1.04 bits per heavy atom. The van der Waals surface area contributed by atoms with Gasteiger partial charge in [-0.1, -0.05) is 13.8 Å². The van der Waals surface area contributed by atoms with E-state index in [0.29, 0.717) is 18.6 Å². The highest BCUT2D eigenvalue weighted by Crippen LogP contribution is 2.07. The van der Waals surface area contributed by atoms with Gasteiger partial charge in [0, 0.05) is 0 Å². The first-order chi connectivity index (χ1) is 13.0. The van der Waals surface area contributed by atoms with Crippen LogP contribution in [0.25, 0.3) is 0 Å². The van der Waals surface area contributed by atoms with E-state index in [0.717, 1.165) is 0 Å². The van der Waals surface area contributed by atoms with E-state index in [-0.39, 0.29) is 5.92 Å². The normalized spacial score (nSPS) is 15.2. The number of carbonyl (C=O) groups excluding carboxylic acids is 3. The number of aliphatic hydroxyl groups is 1. The molecule has 4 unspecified atom stereocenters. The summed E-state index contributed by atoms with van der Waals surface area (Å²) < 4.78 is 0. The zero-order valence-corrected chi connectivity index (χ0v) is 17.5. The summed E-state index contributed by atoms with van der Waals surface area (Å²) in [6, 6.07) is -3.06. The molecular weight excluding hydrogens is 388 g/mol. The Hall–Kier alpha value is -1.85. The van der Waals surface area contributed by atoms with Crippen molar-refractivity contribution in [2.45, 2.75) is 57.8 Å². The van der Waals surface area contributed by atoms with Crippen molar-refractivity contribution in [1.29, 1.82) is 0 Å². The number of rotatable bonds is 13. The molecule has 0 aromatic carbocycles. The summed E-state index contributed by atoms with van der Waals surface area (Å²) in [5.41, 5.74) is 5.83. The Kier molecular flexibility index (Phi) is 12.5. The van der Waals surface area contributed by atoms with Gasteiger partial charge in [-0.2, -0.15) is 11.8 Å². The number of nitrogens with one attached hydrogen (secondary N) is 3. The van der Waals surface area contributed by atoms with Crippen LogP contribution in [-0.2, 0) is 19.2 Å². The number of thioether (sulfide) groups is 1. The molecule has 0 radical (unpaired) electrons. The van der Waals surface area contributed by atoms with E-state index in [1.807, 2.05) is 20.1 Å². The molecular formula is C17H32N4O6S. The molecule has 0 rings (SSSR count). The van der Waals surface area contributed by atoms with Crippen molar-refractivity contribution in [3.8, 4) is 0 Å². The number of nitrogens with two attached hydrogens (primary N) is 1. The van der Waals surface area contributed by atoms with E-state index >= 15 is 0 Å². The lowest BCUT2D eigenvalue weighted by atomic mass is 10.0. The molecule has 0 saturated carbocycles. The highest BCUT2D eigenvalue weighted by Gasteiger charge is 2.31. The number of amides is 3. The van der Waals surface area contributed by atoms with Crippen LogP contribution in [0.2, 0.25) is 0 Å². The van der Waals surface area contributed by atoms with E-state index in [1.54, 1.807) is 11.8 Å². The molecule has 162 valence electrons. The van der Waals surface area contributed by atoms with Crippen molar-refractivity contribution in [2.24, 2.45) is 11.7 Å². The van der Waals surface area contributed by atoms with Gasteiger partial charge in [-0.25, -0.2) is 0 Å². The third-order valence-electron chi connectivity index (χ3n) is 3.79. The van der Waals surface area contributed by atoms with Crippen molar-refractivity contribution in [3.05, 3.63) is 0 Å². The van der Waals surface area contributed by atoms with E-state index in [9.17, 15) is 24.3 Å². The van der Waals surface area contributed by atoms with Crippen LogP contribution in [0.3, 0.4) is 0 Å². The van der Waals surface area contributed by atoms with Gasteiger partial charge in [0.25, 0.3) is 0 Å². The number of hydrogen-bond donors (Lipinski definition) is 6. The SMILES string of the molecule is CSCCC(N)C(=O)NC(CC(C)C)C(=O)NC(C(=O)NCC(=O)O)C(C)O. The maximum Gasteiger partial charge on any atom is 0.322 e. The fraction of sp³-hybridized carbons (Fsp3) is 0.765. The fourth-order valence-corrected chi connectivity index (χ4v) is 2.78. The maximum atomic E-state index is 12.6. The van der Waals surface area contributed by atoms with Gasteiger partial charge in [0.2, 0.25) is 17.7 Å². The van der Waals surface area contributed by atoms with Gasteiger partial charge in [0.1, 0.15) is 18.6 Å². The Morgan fingerprint density at radius 3 is 2.11 bits per heavy atom. The van der Waals surface area contributed by atoms with Gasteiger partial charge in [-0.3, -0.25) is 19.2 Å². The second kappa shape index (κ2) is 13.3. The fourth-order valence-electron chi connectivity index (χ4n) is 2.29. The third kappa shape index (κ3) is 10.5. The van der Waals surface area contributed by atoms with Crippen LogP contribution in [0, 0.1) is 5.92 Å². The first-order valence-electron chi connectivity index (χ1n) is 9.02.